The highest BCUT2D eigenvalue weighted by molar-refractivity contribution is 7.51. The third-order valence-electron chi connectivity index (χ3n) is 3.64. The minimum atomic E-state index is -4.69. The van der Waals surface area contributed by atoms with E-state index in [2.05, 4.69) is 0 Å². The predicted molar refractivity (Wildman–Crippen MR) is 102 cm³/mol. The molecule has 0 fully saturated rings. The van der Waals surface area contributed by atoms with Gasteiger partial charge in [-0.3, -0.25) is 0 Å². The summed E-state index contributed by atoms with van der Waals surface area (Å²) in [5.41, 5.74) is 1.59. The van der Waals surface area contributed by atoms with Crippen molar-refractivity contribution in [3.63, 3.8) is 0 Å². The molecule has 0 aliphatic carbocycles. The first kappa shape index (κ1) is 21.1. The van der Waals surface area contributed by atoms with Crippen LogP contribution in [0.5, 0.6) is 0 Å². The van der Waals surface area contributed by atoms with Gasteiger partial charge in [-0.2, -0.15) is 0 Å². The molecule has 0 aromatic heterocycles. The lowest BCUT2D eigenvalue weighted by Gasteiger charge is -2.25. The molecule has 0 saturated carbocycles. The van der Waals surface area contributed by atoms with Crippen molar-refractivity contribution in [2.24, 2.45) is 0 Å². The highest BCUT2D eigenvalue weighted by Gasteiger charge is 2.37. The molecule has 9 heteroatoms. The molecule has 26 heavy (non-hydrogen) atoms. The zero-order valence-electron chi connectivity index (χ0n) is 14.9. The second-order valence-corrected chi connectivity index (χ2v) is 15.2. The van der Waals surface area contributed by atoms with Crippen LogP contribution in [0.2, 0.25) is 19.6 Å². The molecule has 0 saturated heterocycles. The van der Waals surface area contributed by atoms with Crippen molar-refractivity contribution in [1.29, 1.82) is 0 Å². The normalized spacial score (nSPS) is 15.5. The molecular formula is C17H22F3O3PSi2. The van der Waals surface area contributed by atoms with Gasteiger partial charge in [-0.1, -0.05) is 24.3 Å². The largest absolute Gasteiger partial charge is 0.493 e. The Labute approximate surface area is 154 Å². The fraction of sp³-hybridized carbons (Fsp3) is 0.294. The molecule has 0 N–H and O–H groups in total. The van der Waals surface area contributed by atoms with Crippen LogP contribution in [0.15, 0.2) is 48.5 Å². The van der Waals surface area contributed by atoms with Gasteiger partial charge in [0, 0.05) is 0 Å². The molecular weight excluding hydrogens is 396 g/mol. The van der Waals surface area contributed by atoms with E-state index < -0.39 is 25.3 Å². The molecule has 2 rings (SSSR count). The van der Waals surface area contributed by atoms with Crippen LogP contribution in [0, 0.1) is 11.6 Å². The van der Waals surface area contributed by atoms with Gasteiger partial charge in [0.1, 0.15) is 11.6 Å². The first-order chi connectivity index (χ1) is 12.0. The van der Waals surface area contributed by atoms with E-state index in [0.29, 0.717) is 12.1 Å². The first-order valence-corrected chi connectivity index (χ1v) is 15.2. The van der Waals surface area contributed by atoms with Crippen LogP contribution < -0.4 is 0 Å². The Morgan fingerprint density at radius 2 is 1.42 bits per heavy atom. The topological polar surface area (TPSA) is 35.5 Å². The Balaban J connectivity index is 1.94. The van der Waals surface area contributed by atoms with E-state index in [0.717, 1.165) is 11.1 Å². The molecule has 2 aromatic rings. The van der Waals surface area contributed by atoms with Crippen LogP contribution >= 0.6 is 7.91 Å². The van der Waals surface area contributed by atoms with Crippen molar-refractivity contribution in [3.05, 3.63) is 71.3 Å². The third kappa shape index (κ3) is 7.21. The molecule has 142 valence electrons. The summed E-state index contributed by atoms with van der Waals surface area (Å²) in [5, 5.41) is 0. The Kier molecular flexibility index (Phi) is 7.04. The van der Waals surface area contributed by atoms with Crippen LogP contribution in [0.1, 0.15) is 11.1 Å². The Hall–Kier alpha value is -1.19. The lowest BCUT2D eigenvalue weighted by Crippen LogP contribution is -2.33. The first-order valence-electron chi connectivity index (χ1n) is 8.22. The molecule has 0 amide bonds. The van der Waals surface area contributed by atoms with Gasteiger partial charge in [0.05, 0.1) is 0 Å². The van der Waals surface area contributed by atoms with Gasteiger partial charge in [0.25, 0.3) is 0 Å². The Morgan fingerprint density at radius 3 is 1.92 bits per heavy atom. The zero-order valence-corrected chi connectivity index (χ0v) is 18.0. The Morgan fingerprint density at radius 1 is 0.962 bits per heavy atom. The van der Waals surface area contributed by atoms with Gasteiger partial charge in [-0.25, -0.2) is 13.3 Å². The van der Waals surface area contributed by atoms with Crippen LogP contribution in [0.25, 0.3) is 0 Å². The van der Waals surface area contributed by atoms with Crippen molar-refractivity contribution in [2.45, 2.75) is 31.7 Å². The quantitative estimate of drug-likeness (QED) is 0.420. The maximum atomic E-state index is 14.4. The van der Waals surface area contributed by atoms with E-state index in [4.69, 9.17) is 8.43 Å². The molecule has 0 aliphatic heterocycles. The lowest BCUT2D eigenvalue weighted by atomic mass is 10.2. The highest BCUT2D eigenvalue weighted by Crippen LogP contribution is 2.53. The van der Waals surface area contributed by atoms with Gasteiger partial charge in [-0.15, -0.1) is 4.20 Å². The average molecular weight is 419 g/mol. The van der Waals surface area contributed by atoms with E-state index in [1.807, 2.05) is 0 Å². The summed E-state index contributed by atoms with van der Waals surface area (Å²) in [7, 11) is -9.53. The summed E-state index contributed by atoms with van der Waals surface area (Å²) in [6, 6.07) is 12.5. The summed E-state index contributed by atoms with van der Waals surface area (Å²) in [6.45, 7) is 5.18. The Bertz CT molecular complexity index is 770. The van der Waals surface area contributed by atoms with Gasteiger partial charge in [-0.05, 0) is 67.1 Å². The predicted octanol–water partition coefficient (Wildman–Crippen LogP) is 5.50. The maximum Gasteiger partial charge on any atom is 0.493 e. The molecule has 2 aromatic carbocycles. The summed E-state index contributed by atoms with van der Waals surface area (Å²) in [4.78, 5) is 0. The molecule has 2 unspecified atom stereocenters. The third-order valence-corrected chi connectivity index (χ3v) is 11.2. The number of hydrogen-bond acceptors (Lipinski definition) is 3. The maximum absolute atomic E-state index is 14.4. The molecule has 0 spiro atoms. The minimum Gasteiger partial charge on any atom is -0.331 e. The van der Waals surface area contributed by atoms with E-state index in [-0.39, 0.29) is 11.6 Å². The van der Waals surface area contributed by atoms with Crippen LogP contribution in [-0.4, -0.2) is 17.4 Å². The molecule has 0 bridgehead atoms. The fourth-order valence-corrected chi connectivity index (χ4v) is 10.00. The zero-order chi connectivity index (χ0) is 19.4. The molecule has 0 radical (unpaired) electrons. The van der Waals surface area contributed by atoms with Crippen molar-refractivity contribution in [1.82, 2.24) is 0 Å². The minimum absolute atomic E-state index is 0.350. The van der Waals surface area contributed by atoms with Crippen molar-refractivity contribution < 1.29 is 26.0 Å². The van der Waals surface area contributed by atoms with Crippen molar-refractivity contribution in [3.8, 4) is 0 Å². The summed E-state index contributed by atoms with van der Waals surface area (Å²) >= 11 is 0. The highest BCUT2D eigenvalue weighted by atomic mass is 31.2. The standard InChI is InChI=1S/C17H22F3O3PSi2/c1-25(12-14-4-8-16(18)9-5-14)22-24(20,21)23-26(2,3)13-15-6-10-17(19)11-7-15/h4-11,25H,12-13H2,1-3H3. The van der Waals surface area contributed by atoms with Crippen molar-refractivity contribution in [2.75, 3.05) is 0 Å². The number of halogens is 3. The van der Waals surface area contributed by atoms with E-state index in [1.165, 1.54) is 24.3 Å². The number of rotatable bonds is 8. The SMILES string of the molecule is C[SiH](Cc1ccc(F)cc1)OP(=O)(F)O[Si](C)(C)Cc1ccc(F)cc1. The van der Waals surface area contributed by atoms with E-state index >= 15 is 0 Å². The smallest absolute Gasteiger partial charge is 0.331 e. The monoisotopic (exact) mass is 418 g/mol. The van der Waals surface area contributed by atoms with Gasteiger partial charge >= 0.3 is 7.91 Å². The molecule has 3 nitrogen and oxygen atoms in total. The molecule has 0 heterocycles. The lowest BCUT2D eigenvalue weighted by molar-refractivity contribution is 0.335. The molecule has 0 aliphatic rings. The van der Waals surface area contributed by atoms with Gasteiger partial charge in [0.15, 0.2) is 9.04 Å². The summed E-state index contributed by atoms with van der Waals surface area (Å²) < 4.78 is 62.9. The van der Waals surface area contributed by atoms with E-state index in [1.54, 1.807) is 43.9 Å². The van der Waals surface area contributed by atoms with Gasteiger partial charge in [0.2, 0.25) is 8.32 Å². The van der Waals surface area contributed by atoms with Crippen LogP contribution in [-0.2, 0) is 25.1 Å². The van der Waals surface area contributed by atoms with Crippen LogP contribution in [0.3, 0.4) is 0 Å². The van der Waals surface area contributed by atoms with Crippen LogP contribution in [0.4, 0.5) is 13.0 Å². The summed E-state index contributed by atoms with van der Waals surface area (Å²) in [6.07, 6.45) is 0. The molecule has 2 atom stereocenters. The van der Waals surface area contributed by atoms with Crippen molar-refractivity contribution >= 4 is 25.3 Å². The number of hydrogen-bond donors (Lipinski definition) is 0. The average Bonchev–Trinajstić information content (AvgIpc) is 2.50. The second kappa shape index (κ2) is 8.67. The fourth-order valence-electron chi connectivity index (χ4n) is 2.65. The second-order valence-electron chi connectivity index (χ2n) is 6.83. The van der Waals surface area contributed by atoms with Gasteiger partial charge < -0.3 is 8.43 Å². The summed E-state index contributed by atoms with van der Waals surface area (Å²) in [5.74, 6) is -0.703. The number of benzene rings is 2. The van der Waals surface area contributed by atoms with E-state index in [9.17, 15) is 17.5 Å².